The normalized spacial score (nSPS) is 21.7. The lowest BCUT2D eigenvalue weighted by molar-refractivity contribution is -0.142. The second-order valence-corrected chi connectivity index (χ2v) is 7.27. The molecule has 7 nitrogen and oxygen atoms in total. The summed E-state index contributed by atoms with van der Waals surface area (Å²) in [5.74, 6) is -0.421. The third kappa shape index (κ3) is 4.35. The van der Waals surface area contributed by atoms with E-state index in [0.29, 0.717) is 37.2 Å². The Morgan fingerprint density at radius 3 is 2.04 bits per heavy atom. The molecular formula is C15H21NO6S. The monoisotopic (exact) mass is 343 g/mol. The minimum Gasteiger partial charge on any atom is -0.497 e. The number of ether oxygens (including phenoxy) is 2. The fraction of sp³-hybridized carbons (Fsp3) is 0.533. The first-order valence-corrected chi connectivity index (χ1v) is 8.82. The van der Waals surface area contributed by atoms with E-state index in [-0.39, 0.29) is 16.9 Å². The first-order valence-electron chi connectivity index (χ1n) is 7.34. The van der Waals surface area contributed by atoms with E-state index in [1.165, 1.54) is 26.4 Å². The molecule has 0 saturated heterocycles. The van der Waals surface area contributed by atoms with E-state index in [4.69, 9.17) is 14.6 Å². The number of hydrogen-bond acceptors (Lipinski definition) is 5. The summed E-state index contributed by atoms with van der Waals surface area (Å²) in [4.78, 5) is 11.0. The van der Waals surface area contributed by atoms with Gasteiger partial charge in [-0.05, 0) is 25.7 Å². The molecule has 0 amide bonds. The number of carbonyl (C=O) groups is 1. The minimum absolute atomic E-state index is 0.0639. The molecule has 1 aromatic carbocycles. The molecule has 8 heteroatoms. The van der Waals surface area contributed by atoms with Crippen LogP contribution in [0.25, 0.3) is 0 Å². The van der Waals surface area contributed by atoms with E-state index >= 15 is 0 Å². The summed E-state index contributed by atoms with van der Waals surface area (Å²) in [6.07, 6.45) is 1.97. The highest BCUT2D eigenvalue weighted by Gasteiger charge is 2.29. The number of carboxylic acid groups (broad SMARTS) is 1. The molecule has 0 aliphatic heterocycles. The van der Waals surface area contributed by atoms with Gasteiger partial charge in [-0.1, -0.05) is 0 Å². The lowest BCUT2D eigenvalue weighted by atomic mass is 9.87. The molecule has 0 unspecified atom stereocenters. The van der Waals surface area contributed by atoms with E-state index in [1.54, 1.807) is 6.07 Å². The average Bonchev–Trinajstić information content (AvgIpc) is 2.54. The van der Waals surface area contributed by atoms with Crippen LogP contribution in [0.1, 0.15) is 25.7 Å². The van der Waals surface area contributed by atoms with Crippen molar-refractivity contribution in [2.24, 2.45) is 5.92 Å². The molecule has 23 heavy (non-hydrogen) atoms. The van der Waals surface area contributed by atoms with Gasteiger partial charge >= 0.3 is 5.97 Å². The van der Waals surface area contributed by atoms with Crippen LogP contribution in [0.5, 0.6) is 11.5 Å². The fourth-order valence-corrected chi connectivity index (χ4v) is 4.04. The van der Waals surface area contributed by atoms with E-state index in [2.05, 4.69) is 4.72 Å². The summed E-state index contributed by atoms with van der Waals surface area (Å²) in [6.45, 7) is 0. The summed E-state index contributed by atoms with van der Waals surface area (Å²) in [6, 6.07) is 4.19. The summed E-state index contributed by atoms with van der Waals surface area (Å²) in [5.41, 5.74) is 0. The number of carboxylic acids is 1. The van der Waals surface area contributed by atoms with Crippen molar-refractivity contribution in [2.45, 2.75) is 36.6 Å². The van der Waals surface area contributed by atoms with Gasteiger partial charge in [0.1, 0.15) is 11.5 Å². The summed E-state index contributed by atoms with van der Waals surface area (Å²) < 4.78 is 37.8. The van der Waals surface area contributed by atoms with Crippen LogP contribution in [0.15, 0.2) is 23.1 Å². The van der Waals surface area contributed by atoms with Crippen molar-refractivity contribution >= 4 is 16.0 Å². The molecule has 0 atom stereocenters. The van der Waals surface area contributed by atoms with Gasteiger partial charge in [-0.15, -0.1) is 0 Å². The standard InChI is InChI=1S/C15H21NO6S/c1-21-12-7-13(22-2)9-14(8-12)23(19,20)16-11-5-3-10(4-6-11)15(17)18/h7-11,16H,3-6H2,1-2H3,(H,17,18). The maximum Gasteiger partial charge on any atom is 0.306 e. The molecule has 1 saturated carbocycles. The first-order chi connectivity index (χ1) is 10.9. The van der Waals surface area contributed by atoms with Crippen LogP contribution >= 0.6 is 0 Å². The van der Waals surface area contributed by atoms with Crippen LogP contribution in [0, 0.1) is 5.92 Å². The van der Waals surface area contributed by atoms with Crippen molar-refractivity contribution in [3.63, 3.8) is 0 Å². The van der Waals surface area contributed by atoms with Gasteiger partial charge in [-0.2, -0.15) is 0 Å². The molecule has 2 rings (SSSR count). The Hall–Kier alpha value is -1.80. The van der Waals surface area contributed by atoms with E-state index in [1.807, 2.05) is 0 Å². The Morgan fingerprint density at radius 2 is 1.61 bits per heavy atom. The van der Waals surface area contributed by atoms with Gasteiger partial charge in [0.15, 0.2) is 0 Å². The van der Waals surface area contributed by atoms with Gasteiger partial charge in [-0.25, -0.2) is 13.1 Å². The van der Waals surface area contributed by atoms with Gasteiger partial charge in [0.25, 0.3) is 0 Å². The lowest BCUT2D eigenvalue weighted by Crippen LogP contribution is -2.38. The third-order valence-electron chi connectivity index (χ3n) is 4.03. The minimum atomic E-state index is -3.72. The number of hydrogen-bond donors (Lipinski definition) is 2. The molecule has 0 bridgehead atoms. The maximum atomic E-state index is 12.5. The van der Waals surface area contributed by atoms with Crippen molar-refractivity contribution < 1.29 is 27.8 Å². The lowest BCUT2D eigenvalue weighted by Gasteiger charge is -2.26. The summed E-state index contributed by atoms with van der Waals surface area (Å²) >= 11 is 0. The maximum absolute atomic E-state index is 12.5. The molecule has 0 radical (unpaired) electrons. The zero-order valence-corrected chi connectivity index (χ0v) is 13.9. The highest BCUT2D eigenvalue weighted by Crippen LogP contribution is 2.28. The van der Waals surface area contributed by atoms with Crippen LogP contribution < -0.4 is 14.2 Å². The van der Waals surface area contributed by atoms with E-state index in [9.17, 15) is 13.2 Å². The number of benzene rings is 1. The number of nitrogens with one attached hydrogen (secondary N) is 1. The molecule has 1 aliphatic rings. The van der Waals surface area contributed by atoms with Gasteiger partial charge in [0.2, 0.25) is 10.0 Å². The van der Waals surface area contributed by atoms with Gasteiger partial charge in [0, 0.05) is 24.2 Å². The highest BCUT2D eigenvalue weighted by atomic mass is 32.2. The second kappa shape index (κ2) is 7.18. The summed E-state index contributed by atoms with van der Waals surface area (Å²) in [7, 11) is -0.820. The van der Waals surface area contributed by atoms with Gasteiger partial charge in [0.05, 0.1) is 25.0 Å². The molecule has 2 N–H and O–H groups in total. The van der Waals surface area contributed by atoms with Crippen LogP contribution in [-0.2, 0) is 14.8 Å². The Balaban J connectivity index is 2.12. The Kier molecular flexibility index (Phi) is 5.48. The number of rotatable bonds is 6. The molecule has 128 valence electrons. The Bertz CT molecular complexity index is 642. The first kappa shape index (κ1) is 17.6. The van der Waals surface area contributed by atoms with E-state index < -0.39 is 16.0 Å². The quantitative estimate of drug-likeness (QED) is 0.814. The number of sulfonamides is 1. The van der Waals surface area contributed by atoms with E-state index in [0.717, 1.165) is 0 Å². The van der Waals surface area contributed by atoms with Crippen molar-refractivity contribution in [1.29, 1.82) is 0 Å². The fourth-order valence-electron chi connectivity index (χ4n) is 2.68. The molecule has 1 fully saturated rings. The van der Waals surface area contributed by atoms with Gasteiger partial charge in [-0.3, -0.25) is 4.79 Å². The smallest absolute Gasteiger partial charge is 0.306 e. The van der Waals surface area contributed by atoms with Crippen molar-refractivity contribution in [3.05, 3.63) is 18.2 Å². The molecule has 0 aromatic heterocycles. The SMILES string of the molecule is COc1cc(OC)cc(S(=O)(=O)NC2CCC(C(=O)O)CC2)c1. The van der Waals surface area contributed by atoms with Gasteiger partial charge < -0.3 is 14.6 Å². The number of aliphatic carboxylic acids is 1. The van der Waals surface area contributed by atoms with Crippen LogP contribution in [0.3, 0.4) is 0 Å². The van der Waals surface area contributed by atoms with Crippen LogP contribution in [-0.4, -0.2) is 39.8 Å². The molecular weight excluding hydrogens is 322 g/mol. The zero-order chi connectivity index (χ0) is 17.0. The predicted octanol–water partition coefficient (Wildman–Crippen LogP) is 1.63. The van der Waals surface area contributed by atoms with Crippen molar-refractivity contribution in [1.82, 2.24) is 4.72 Å². The second-order valence-electron chi connectivity index (χ2n) is 5.56. The Morgan fingerprint density at radius 1 is 1.09 bits per heavy atom. The molecule has 0 heterocycles. The molecule has 1 aromatic rings. The largest absolute Gasteiger partial charge is 0.497 e. The highest BCUT2D eigenvalue weighted by molar-refractivity contribution is 7.89. The zero-order valence-electron chi connectivity index (χ0n) is 13.1. The summed E-state index contributed by atoms with van der Waals surface area (Å²) in [5, 5.41) is 8.98. The van der Waals surface area contributed by atoms with Crippen molar-refractivity contribution in [2.75, 3.05) is 14.2 Å². The van der Waals surface area contributed by atoms with Crippen molar-refractivity contribution in [3.8, 4) is 11.5 Å². The average molecular weight is 343 g/mol. The molecule has 1 aliphatic carbocycles. The predicted molar refractivity (Wildman–Crippen MR) is 83.2 cm³/mol. The topological polar surface area (TPSA) is 102 Å². The molecule has 0 spiro atoms. The van der Waals surface area contributed by atoms with Crippen LogP contribution in [0.2, 0.25) is 0 Å². The number of methoxy groups -OCH3 is 2. The van der Waals surface area contributed by atoms with Crippen LogP contribution in [0.4, 0.5) is 0 Å². The Labute approximate surface area is 135 Å². The third-order valence-corrected chi connectivity index (χ3v) is 5.53.